The van der Waals surface area contributed by atoms with Gasteiger partial charge in [0.15, 0.2) is 0 Å². The van der Waals surface area contributed by atoms with Crippen molar-refractivity contribution in [2.75, 3.05) is 7.11 Å². The highest BCUT2D eigenvalue weighted by Gasteiger charge is 2.37. The van der Waals surface area contributed by atoms with Crippen molar-refractivity contribution >= 4 is 10.0 Å². The van der Waals surface area contributed by atoms with Crippen LogP contribution in [0.5, 0.6) is 5.75 Å². The summed E-state index contributed by atoms with van der Waals surface area (Å²) in [6.45, 7) is 6.85. The van der Waals surface area contributed by atoms with Crippen molar-refractivity contribution in [3.8, 4) is 5.75 Å². The average Bonchev–Trinajstić information content (AvgIpc) is 3.10. The van der Waals surface area contributed by atoms with Crippen molar-refractivity contribution in [1.82, 2.24) is 10.0 Å². The number of hydrogen-bond acceptors (Lipinski definition) is 4. The van der Waals surface area contributed by atoms with E-state index >= 15 is 0 Å². The van der Waals surface area contributed by atoms with Gasteiger partial charge in [0.2, 0.25) is 10.0 Å². The maximum atomic E-state index is 12.4. The first-order chi connectivity index (χ1) is 9.83. The van der Waals surface area contributed by atoms with Crippen LogP contribution in [0.15, 0.2) is 23.1 Å². The molecule has 1 saturated carbocycles. The molecule has 0 bridgehead atoms. The van der Waals surface area contributed by atoms with E-state index in [1.165, 1.54) is 7.11 Å². The third kappa shape index (κ3) is 4.18. The van der Waals surface area contributed by atoms with Gasteiger partial charge in [-0.25, -0.2) is 13.1 Å². The largest absolute Gasteiger partial charge is 0.495 e. The van der Waals surface area contributed by atoms with E-state index in [0.717, 1.165) is 12.0 Å². The van der Waals surface area contributed by atoms with Crippen LogP contribution in [0.4, 0.5) is 0 Å². The standard InChI is InChI=1S/C15H24N2O3S/c1-10(2)16-9-12-5-6-15(14(8-12)20-4)21(18,19)17-13-7-11(13)3/h5-6,8,10-11,13,16-17H,7,9H2,1-4H3. The molecule has 6 heteroatoms. The van der Waals surface area contributed by atoms with Crippen molar-refractivity contribution in [3.63, 3.8) is 0 Å². The number of methoxy groups -OCH3 is 1. The summed E-state index contributed by atoms with van der Waals surface area (Å²) in [6.07, 6.45) is 0.901. The Balaban J connectivity index is 2.19. The molecule has 0 amide bonds. The topological polar surface area (TPSA) is 67.4 Å². The number of benzene rings is 1. The van der Waals surface area contributed by atoms with Gasteiger partial charge in [-0.1, -0.05) is 26.8 Å². The molecule has 1 aliphatic carbocycles. The smallest absolute Gasteiger partial charge is 0.244 e. The van der Waals surface area contributed by atoms with E-state index in [1.807, 2.05) is 13.0 Å². The van der Waals surface area contributed by atoms with Crippen LogP contribution >= 0.6 is 0 Å². The lowest BCUT2D eigenvalue weighted by Crippen LogP contribution is -2.27. The van der Waals surface area contributed by atoms with Crippen LogP contribution in [0, 0.1) is 5.92 Å². The molecule has 118 valence electrons. The predicted octanol–water partition coefficient (Wildman–Crippen LogP) is 1.88. The van der Waals surface area contributed by atoms with Gasteiger partial charge in [0, 0.05) is 18.6 Å². The molecular weight excluding hydrogens is 288 g/mol. The average molecular weight is 312 g/mol. The molecule has 0 aromatic heterocycles. The van der Waals surface area contributed by atoms with Crippen LogP contribution < -0.4 is 14.8 Å². The van der Waals surface area contributed by atoms with Crippen molar-refractivity contribution in [1.29, 1.82) is 0 Å². The number of nitrogens with one attached hydrogen (secondary N) is 2. The Morgan fingerprint density at radius 1 is 1.38 bits per heavy atom. The quantitative estimate of drug-likeness (QED) is 0.807. The molecule has 2 unspecified atom stereocenters. The minimum Gasteiger partial charge on any atom is -0.495 e. The zero-order valence-electron chi connectivity index (χ0n) is 13.0. The molecule has 0 heterocycles. The van der Waals surface area contributed by atoms with Gasteiger partial charge in [-0.2, -0.15) is 0 Å². The summed E-state index contributed by atoms with van der Waals surface area (Å²) >= 11 is 0. The van der Waals surface area contributed by atoms with Gasteiger partial charge in [0.1, 0.15) is 10.6 Å². The molecule has 21 heavy (non-hydrogen) atoms. The summed E-state index contributed by atoms with van der Waals surface area (Å²) < 4.78 is 32.7. The van der Waals surface area contributed by atoms with Gasteiger partial charge in [0.05, 0.1) is 7.11 Å². The summed E-state index contributed by atoms with van der Waals surface area (Å²) in [4.78, 5) is 0.206. The Kier molecular flexibility index (Phi) is 4.91. The van der Waals surface area contributed by atoms with E-state index in [-0.39, 0.29) is 10.9 Å². The Morgan fingerprint density at radius 2 is 2.05 bits per heavy atom. The van der Waals surface area contributed by atoms with Crippen LogP contribution in [0.1, 0.15) is 32.8 Å². The molecule has 1 aromatic rings. The number of rotatable bonds is 7. The lowest BCUT2D eigenvalue weighted by molar-refractivity contribution is 0.401. The fourth-order valence-electron chi connectivity index (χ4n) is 2.11. The Labute approximate surface area is 127 Å². The lowest BCUT2D eigenvalue weighted by Gasteiger charge is -2.13. The van der Waals surface area contributed by atoms with Gasteiger partial charge >= 0.3 is 0 Å². The molecule has 1 aromatic carbocycles. The van der Waals surface area contributed by atoms with Crippen molar-refractivity contribution in [3.05, 3.63) is 23.8 Å². The summed E-state index contributed by atoms with van der Waals surface area (Å²) in [5, 5.41) is 3.30. The van der Waals surface area contributed by atoms with Gasteiger partial charge in [-0.15, -0.1) is 0 Å². The molecule has 2 N–H and O–H groups in total. The second-order valence-electron chi connectivity index (χ2n) is 5.96. The first-order valence-corrected chi connectivity index (χ1v) is 8.74. The summed E-state index contributed by atoms with van der Waals surface area (Å²) in [5.41, 5.74) is 0.999. The summed E-state index contributed by atoms with van der Waals surface area (Å²) in [6, 6.07) is 5.65. The second-order valence-corrected chi connectivity index (χ2v) is 7.64. The van der Waals surface area contributed by atoms with Crippen molar-refractivity contribution < 1.29 is 13.2 Å². The summed E-state index contributed by atoms with van der Waals surface area (Å²) in [7, 11) is -2.02. The van der Waals surface area contributed by atoms with E-state index in [1.54, 1.807) is 12.1 Å². The van der Waals surface area contributed by atoms with Crippen LogP contribution in [0.2, 0.25) is 0 Å². The van der Waals surface area contributed by atoms with Crippen molar-refractivity contribution in [2.24, 2.45) is 5.92 Å². The highest BCUT2D eigenvalue weighted by molar-refractivity contribution is 7.89. The Hall–Kier alpha value is -1.11. The molecule has 1 fully saturated rings. The van der Waals surface area contributed by atoms with E-state index in [2.05, 4.69) is 23.9 Å². The second kappa shape index (κ2) is 6.34. The third-order valence-corrected chi connectivity index (χ3v) is 5.18. The highest BCUT2D eigenvalue weighted by atomic mass is 32.2. The molecule has 2 atom stereocenters. The molecule has 0 spiro atoms. The number of ether oxygens (including phenoxy) is 1. The number of sulfonamides is 1. The summed E-state index contributed by atoms with van der Waals surface area (Å²) in [5.74, 6) is 0.805. The normalized spacial score (nSPS) is 21.6. The van der Waals surface area contributed by atoms with E-state index in [4.69, 9.17) is 4.74 Å². The van der Waals surface area contributed by atoms with Crippen LogP contribution in [-0.2, 0) is 16.6 Å². The minimum atomic E-state index is -3.52. The molecule has 0 aliphatic heterocycles. The maximum Gasteiger partial charge on any atom is 0.244 e. The van der Waals surface area contributed by atoms with Crippen molar-refractivity contribution in [2.45, 2.75) is 50.7 Å². The zero-order chi connectivity index (χ0) is 15.6. The van der Waals surface area contributed by atoms with E-state index in [9.17, 15) is 8.42 Å². The van der Waals surface area contributed by atoms with Gasteiger partial charge in [0.25, 0.3) is 0 Å². The fourth-order valence-corrected chi connectivity index (χ4v) is 3.62. The van der Waals surface area contributed by atoms with E-state index < -0.39 is 10.0 Å². The SMILES string of the molecule is COc1cc(CNC(C)C)ccc1S(=O)(=O)NC1CC1C. The van der Waals surface area contributed by atoms with Crippen LogP contribution in [0.25, 0.3) is 0 Å². The molecule has 0 radical (unpaired) electrons. The predicted molar refractivity (Wildman–Crippen MR) is 82.9 cm³/mol. The molecule has 2 rings (SSSR count). The minimum absolute atomic E-state index is 0.0574. The van der Waals surface area contributed by atoms with Crippen LogP contribution in [-0.4, -0.2) is 27.6 Å². The zero-order valence-corrected chi connectivity index (χ0v) is 13.8. The molecular formula is C15H24N2O3S. The first-order valence-electron chi connectivity index (χ1n) is 7.26. The Morgan fingerprint density at radius 3 is 2.57 bits per heavy atom. The van der Waals surface area contributed by atoms with Crippen LogP contribution in [0.3, 0.4) is 0 Å². The van der Waals surface area contributed by atoms with Gasteiger partial charge < -0.3 is 10.1 Å². The Bertz CT molecular complexity index is 599. The third-order valence-electron chi connectivity index (χ3n) is 3.65. The molecule has 0 saturated heterocycles. The van der Waals surface area contributed by atoms with Gasteiger partial charge in [-0.05, 0) is 30.0 Å². The molecule has 1 aliphatic rings. The lowest BCUT2D eigenvalue weighted by atomic mass is 10.2. The first kappa shape index (κ1) is 16.3. The highest BCUT2D eigenvalue weighted by Crippen LogP contribution is 2.32. The van der Waals surface area contributed by atoms with Gasteiger partial charge in [-0.3, -0.25) is 0 Å². The monoisotopic (exact) mass is 312 g/mol. The van der Waals surface area contributed by atoms with E-state index in [0.29, 0.717) is 24.3 Å². The number of hydrogen-bond donors (Lipinski definition) is 2. The molecule has 5 nitrogen and oxygen atoms in total. The maximum absolute atomic E-state index is 12.4. The fraction of sp³-hybridized carbons (Fsp3) is 0.600.